The monoisotopic (exact) mass is 329 g/mol. The van der Waals surface area contributed by atoms with Crippen molar-refractivity contribution in [3.63, 3.8) is 0 Å². The Morgan fingerprint density at radius 1 is 1.38 bits per heavy atom. The average molecular weight is 329 g/mol. The molecule has 2 N–H and O–H groups in total. The van der Waals surface area contributed by atoms with Gasteiger partial charge in [-0.25, -0.2) is 4.98 Å². The Balaban J connectivity index is 2.15. The quantitative estimate of drug-likeness (QED) is 0.607. The van der Waals surface area contributed by atoms with Gasteiger partial charge in [-0.15, -0.1) is 0 Å². The molecule has 1 fully saturated rings. The minimum absolute atomic E-state index is 0.0369. The SMILES string of the molecule is CCNc1nc(C)c([N+](=O)[O-])c(NCC2CSCCS2)n1. The van der Waals surface area contributed by atoms with E-state index >= 15 is 0 Å². The molecule has 21 heavy (non-hydrogen) atoms. The molecule has 0 aromatic carbocycles. The molecule has 9 heteroatoms. The van der Waals surface area contributed by atoms with E-state index in [2.05, 4.69) is 20.6 Å². The number of rotatable bonds is 6. The number of anilines is 2. The largest absolute Gasteiger partial charge is 0.363 e. The molecule has 0 aliphatic carbocycles. The van der Waals surface area contributed by atoms with E-state index in [0.29, 0.717) is 35.8 Å². The van der Waals surface area contributed by atoms with Crippen LogP contribution in [0.1, 0.15) is 12.6 Å². The first-order chi connectivity index (χ1) is 10.1. The Morgan fingerprint density at radius 2 is 2.19 bits per heavy atom. The number of nitrogens with zero attached hydrogens (tertiary/aromatic N) is 3. The number of aryl methyl sites for hydroxylation is 1. The molecular formula is C12H19N5O2S2. The summed E-state index contributed by atoms with van der Waals surface area (Å²) in [5, 5.41) is 17.8. The van der Waals surface area contributed by atoms with Gasteiger partial charge in [0.1, 0.15) is 5.69 Å². The van der Waals surface area contributed by atoms with Gasteiger partial charge in [0, 0.05) is 35.6 Å². The van der Waals surface area contributed by atoms with E-state index in [1.165, 1.54) is 5.75 Å². The Morgan fingerprint density at radius 3 is 2.81 bits per heavy atom. The fourth-order valence-electron chi connectivity index (χ4n) is 2.01. The van der Waals surface area contributed by atoms with Crippen LogP contribution in [0.3, 0.4) is 0 Å². The molecule has 2 rings (SSSR count). The molecule has 116 valence electrons. The van der Waals surface area contributed by atoms with Gasteiger partial charge < -0.3 is 10.6 Å². The lowest BCUT2D eigenvalue weighted by Crippen LogP contribution is -2.24. The van der Waals surface area contributed by atoms with Crippen LogP contribution in [-0.4, -0.2) is 50.5 Å². The van der Waals surface area contributed by atoms with E-state index in [-0.39, 0.29) is 5.69 Å². The van der Waals surface area contributed by atoms with Crippen molar-refractivity contribution in [3.05, 3.63) is 15.8 Å². The summed E-state index contributed by atoms with van der Waals surface area (Å²) in [7, 11) is 0. The third-order valence-electron chi connectivity index (χ3n) is 2.96. The van der Waals surface area contributed by atoms with Crippen LogP contribution in [0.25, 0.3) is 0 Å². The van der Waals surface area contributed by atoms with Crippen molar-refractivity contribution in [1.29, 1.82) is 0 Å². The topological polar surface area (TPSA) is 93.0 Å². The maximum Gasteiger partial charge on any atom is 0.332 e. The minimum atomic E-state index is -0.420. The fourth-order valence-corrected chi connectivity index (χ4v) is 4.62. The highest BCUT2D eigenvalue weighted by Gasteiger charge is 2.23. The lowest BCUT2D eigenvalue weighted by atomic mass is 10.3. The van der Waals surface area contributed by atoms with Crippen LogP contribution in [0.2, 0.25) is 0 Å². The molecule has 0 spiro atoms. The van der Waals surface area contributed by atoms with Crippen LogP contribution >= 0.6 is 23.5 Å². The van der Waals surface area contributed by atoms with E-state index in [4.69, 9.17) is 0 Å². The minimum Gasteiger partial charge on any atom is -0.363 e. The highest BCUT2D eigenvalue weighted by molar-refractivity contribution is 8.06. The van der Waals surface area contributed by atoms with Crippen molar-refractivity contribution >= 4 is 41.0 Å². The van der Waals surface area contributed by atoms with Gasteiger partial charge in [-0.2, -0.15) is 28.5 Å². The standard InChI is InChI=1S/C12H19N5O2S2/c1-3-13-12-15-8(2)10(17(18)19)11(16-12)14-6-9-7-20-4-5-21-9/h9H,3-7H2,1-2H3,(H2,13,14,15,16). The Hall–Kier alpha value is -1.22. The highest BCUT2D eigenvalue weighted by atomic mass is 32.2. The fraction of sp³-hybridized carbons (Fsp3) is 0.667. The normalized spacial score (nSPS) is 18.3. The van der Waals surface area contributed by atoms with Gasteiger partial charge in [-0.3, -0.25) is 10.1 Å². The number of hydrogen-bond donors (Lipinski definition) is 2. The molecule has 1 aromatic rings. The molecular weight excluding hydrogens is 310 g/mol. The van der Waals surface area contributed by atoms with Gasteiger partial charge in [-0.05, 0) is 13.8 Å². The summed E-state index contributed by atoms with van der Waals surface area (Å²) in [5.74, 6) is 4.10. The summed E-state index contributed by atoms with van der Waals surface area (Å²) in [6.07, 6.45) is 0. The number of thioether (sulfide) groups is 2. The second kappa shape index (κ2) is 7.69. The van der Waals surface area contributed by atoms with Gasteiger partial charge in [0.15, 0.2) is 0 Å². The summed E-state index contributed by atoms with van der Waals surface area (Å²) in [6.45, 7) is 4.92. The van der Waals surface area contributed by atoms with Crippen LogP contribution in [0.5, 0.6) is 0 Å². The maximum absolute atomic E-state index is 11.2. The van der Waals surface area contributed by atoms with E-state index < -0.39 is 4.92 Å². The molecule has 1 aliphatic heterocycles. The second-order valence-corrected chi connectivity index (χ2v) is 7.12. The van der Waals surface area contributed by atoms with Crippen LogP contribution in [0.15, 0.2) is 0 Å². The molecule has 1 unspecified atom stereocenters. The van der Waals surface area contributed by atoms with E-state index in [1.807, 2.05) is 30.4 Å². The molecule has 1 atom stereocenters. The molecule has 0 saturated carbocycles. The van der Waals surface area contributed by atoms with Crippen LogP contribution in [0, 0.1) is 17.0 Å². The molecule has 7 nitrogen and oxygen atoms in total. The number of aromatic nitrogens is 2. The first kappa shape index (κ1) is 16.2. The summed E-state index contributed by atoms with van der Waals surface area (Å²) < 4.78 is 0. The summed E-state index contributed by atoms with van der Waals surface area (Å²) in [5.41, 5.74) is 0.337. The van der Waals surface area contributed by atoms with Gasteiger partial charge in [0.2, 0.25) is 11.8 Å². The van der Waals surface area contributed by atoms with Gasteiger partial charge in [0.05, 0.1) is 4.92 Å². The van der Waals surface area contributed by atoms with Crippen molar-refractivity contribution in [2.24, 2.45) is 0 Å². The van der Waals surface area contributed by atoms with Crippen LogP contribution in [-0.2, 0) is 0 Å². The number of nitrogens with one attached hydrogen (secondary N) is 2. The van der Waals surface area contributed by atoms with Crippen molar-refractivity contribution in [2.45, 2.75) is 19.1 Å². The zero-order valence-electron chi connectivity index (χ0n) is 12.1. The van der Waals surface area contributed by atoms with E-state index in [0.717, 1.165) is 11.5 Å². The average Bonchev–Trinajstić information content (AvgIpc) is 2.45. The zero-order chi connectivity index (χ0) is 15.2. The third-order valence-corrected chi connectivity index (χ3v) is 5.80. The lowest BCUT2D eigenvalue weighted by molar-refractivity contribution is -0.385. The zero-order valence-corrected chi connectivity index (χ0v) is 13.7. The van der Waals surface area contributed by atoms with Crippen LogP contribution < -0.4 is 10.6 Å². The van der Waals surface area contributed by atoms with Crippen molar-refractivity contribution in [3.8, 4) is 0 Å². The van der Waals surface area contributed by atoms with Crippen LogP contribution in [0.4, 0.5) is 17.5 Å². The number of hydrogen-bond acceptors (Lipinski definition) is 8. The molecule has 1 saturated heterocycles. The molecule has 0 radical (unpaired) electrons. The van der Waals surface area contributed by atoms with E-state index in [9.17, 15) is 10.1 Å². The molecule has 1 aliphatic rings. The van der Waals surface area contributed by atoms with Gasteiger partial charge in [-0.1, -0.05) is 0 Å². The van der Waals surface area contributed by atoms with Gasteiger partial charge in [0.25, 0.3) is 0 Å². The maximum atomic E-state index is 11.2. The number of nitro groups is 1. The Bertz CT molecular complexity index is 509. The summed E-state index contributed by atoms with van der Waals surface area (Å²) >= 11 is 3.83. The highest BCUT2D eigenvalue weighted by Crippen LogP contribution is 2.28. The molecule has 0 amide bonds. The molecule has 0 bridgehead atoms. The predicted octanol–water partition coefficient (Wildman–Crippen LogP) is 2.39. The van der Waals surface area contributed by atoms with Crippen molar-refractivity contribution in [2.75, 3.05) is 41.0 Å². The first-order valence-corrected chi connectivity index (χ1v) is 9.02. The Labute approximate surface area is 132 Å². The lowest BCUT2D eigenvalue weighted by Gasteiger charge is -2.21. The van der Waals surface area contributed by atoms with E-state index in [1.54, 1.807) is 6.92 Å². The smallest absolute Gasteiger partial charge is 0.332 e. The molecule has 1 aromatic heterocycles. The van der Waals surface area contributed by atoms with Crippen molar-refractivity contribution < 1.29 is 4.92 Å². The predicted molar refractivity (Wildman–Crippen MR) is 89.6 cm³/mol. The second-order valence-electron chi connectivity index (χ2n) is 4.57. The Kier molecular flexibility index (Phi) is 5.92. The van der Waals surface area contributed by atoms with Crippen molar-refractivity contribution in [1.82, 2.24) is 9.97 Å². The summed E-state index contributed by atoms with van der Waals surface area (Å²) in [4.78, 5) is 19.2. The molecule has 2 heterocycles. The summed E-state index contributed by atoms with van der Waals surface area (Å²) in [6, 6.07) is 0. The third kappa shape index (κ3) is 4.37. The van der Waals surface area contributed by atoms with Gasteiger partial charge >= 0.3 is 5.69 Å². The first-order valence-electron chi connectivity index (χ1n) is 6.82.